The van der Waals surface area contributed by atoms with Crippen molar-refractivity contribution in [3.63, 3.8) is 0 Å². The molecule has 4 nitrogen and oxygen atoms in total. The van der Waals surface area contributed by atoms with Crippen LogP contribution in [-0.2, 0) is 4.79 Å². The van der Waals surface area contributed by atoms with E-state index in [0.29, 0.717) is 25.8 Å². The Morgan fingerprint density at radius 2 is 2.18 bits per heavy atom. The van der Waals surface area contributed by atoms with E-state index < -0.39 is 12.2 Å². The largest absolute Gasteiger partial charge is 0.396 e. The zero-order valence-electron chi connectivity index (χ0n) is 13.0. The number of amides is 1. The van der Waals surface area contributed by atoms with Crippen molar-refractivity contribution in [1.29, 1.82) is 0 Å². The molecule has 122 valence electrons. The molecule has 1 aromatic rings. The fourth-order valence-corrected chi connectivity index (χ4v) is 2.95. The van der Waals surface area contributed by atoms with Crippen LogP contribution in [-0.4, -0.2) is 42.4 Å². The van der Waals surface area contributed by atoms with Gasteiger partial charge in [-0.05, 0) is 18.4 Å². The van der Waals surface area contributed by atoms with Crippen molar-refractivity contribution in [2.24, 2.45) is 0 Å². The lowest BCUT2D eigenvalue weighted by atomic mass is 9.92. The Balaban J connectivity index is 1.85. The molecule has 0 saturated carbocycles. The van der Waals surface area contributed by atoms with Crippen LogP contribution in [0, 0.1) is 0 Å². The van der Waals surface area contributed by atoms with Crippen molar-refractivity contribution in [2.75, 3.05) is 13.2 Å². The summed E-state index contributed by atoms with van der Waals surface area (Å²) in [4.78, 5) is 11.4. The second kappa shape index (κ2) is 8.25. The second-order valence-corrected chi connectivity index (χ2v) is 5.85. The Morgan fingerprint density at radius 1 is 1.45 bits per heavy atom. The number of aliphatic hydroxyl groups is 1. The van der Waals surface area contributed by atoms with Crippen molar-refractivity contribution in [2.45, 2.75) is 50.4 Å². The van der Waals surface area contributed by atoms with Crippen LogP contribution in [0.1, 0.15) is 37.7 Å². The molecule has 0 radical (unpaired) electrons. The highest BCUT2D eigenvalue weighted by Crippen LogP contribution is 2.24. The number of hydrogen-bond acceptors (Lipinski definition) is 3. The zero-order chi connectivity index (χ0) is 15.9. The predicted octanol–water partition coefficient (Wildman–Crippen LogP) is 1.75. The first-order chi connectivity index (χ1) is 10.7. The van der Waals surface area contributed by atoms with Crippen LogP contribution >= 0.6 is 0 Å². The van der Waals surface area contributed by atoms with Gasteiger partial charge in [0.05, 0.1) is 6.04 Å². The van der Waals surface area contributed by atoms with Gasteiger partial charge in [-0.2, -0.15) is 0 Å². The molecule has 1 amide bonds. The van der Waals surface area contributed by atoms with Gasteiger partial charge in [0.1, 0.15) is 6.17 Å². The lowest BCUT2D eigenvalue weighted by Gasteiger charge is -2.20. The van der Waals surface area contributed by atoms with Gasteiger partial charge in [-0.25, -0.2) is 4.39 Å². The number of alkyl halides is 1. The molecule has 5 heteroatoms. The van der Waals surface area contributed by atoms with Gasteiger partial charge in [-0.3, -0.25) is 4.79 Å². The van der Waals surface area contributed by atoms with Crippen molar-refractivity contribution in [1.82, 2.24) is 10.6 Å². The molecule has 4 atom stereocenters. The van der Waals surface area contributed by atoms with E-state index in [1.54, 1.807) is 6.92 Å². The molecular formula is C17H25FN2O2. The average molecular weight is 308 g/mol. The van der Waals surface area contributed by atoms with Crippen LogP contribution in [0.5, 0.6) is 0 Å². The molecule has 0 bridgehead atoms. The molecule has 1 saturated heterocycles. The minimum atomic E-state index is -1.08. The van der Waals surface area contributed by atoms with Crippen LogP contribution in [0.25, 0.3) is 0 Å². The van der Waals surface area contributed by atoms with Gasteiger partial charge in [0, 0.05) is 31.5 Å². The fraction of sp³-hybridized carbons (Fsp3) is 0.588. The molecule has 1 heterocycles. The van der Waals surface area contributed by atoms with Gasteiger partial charge in [0.15, 0.2) is 0 Å². The van der Waals surface area contributed by atoms with E-state index in [0.717, 1.165) is 5.56 Å². The minimum absolute atomic E-state index is 0.0273. The maximum atomic E-state index is 14.4. The highest BCUT2D eigenvalue weighted by atomic mass is 19.1. The molecule has 0 aliphatic carbocycles. The molecule has 1 aliphatic rings. The highest BCUT2D eigenvalue weighted by Gasteiger charge is 2.36. The standard InChI is InChI=1S/C17H25FN2O2/c1-2-16(22)20-15-10-19-14(17(15)18)9-8-13(11-21)12-6-4-3-5-7-12/h3-7,13-15,17,19,21H,2,8-11H2,1H3,(H,20,22)/t13?,14-,15-,17+/m0/s1. The molecule has 1 aromatic carbocycles. The fourth-order valence-electron chi connectivity index (χ4n) is 2.95. The van der Waals surface area contributed by atoms with Crippen LogP contribution in [0.2, 0.25) is 0 Å². The van der Waals surface area contributed by atoms with E-state index >= 15 is 0 Å². The minimum Gasteiger partial charge on any atom is -0.396 e. The molecule has 2 rings (SSSR count). The third kappa shape index (κ3) is 4.27. The van der Waals surface area contributed by atoms with Gasteiger partial charge in [-0.15, -0.1) is 0 Å². The van der Waals surface area contributed by atoms with Crippen molar-refractivity contribution >= 4 is 5.91 Å². The van der Waals surface area contributed by atoms with E-state index in [9.17, 15) is 14.3 Å². The van der Waals surface area contributed by atoms with Gasteiger partial charge in [-0.1, -0.05) is 37.3 Å². The number of nitrogens with one attached hydrogen (secondary N) is 2. The summed E-state index contributed by atoms with van der Waals surface area (Å²) in [6.07, 6.45) is 0.645. The summed E-state index contributed by atoms with van der Waals surface area (Å²) in [5, 5.41) is 15.4. The van der Waals surface area contributed by atoms with Crippen LogP contribution < -0.4 is 10.6 Å². The highest BCUT2D eigenvalue weighted by molar-refractivity contribution is 5.76. The van der Waals surface area contributed by atoms with E-state index in [2.05, 4.69) is 10.6 Å². The smallest absolute Gasteiger partial charge is 0.220 e. The SMILES string of the molecule is CCC(=O)N[C@H]1CN[C@@H](CCC(CO)c2ccccc2)[C@H]1F. The van der Waals surface area contributed by atoms with Gasteiger partial charge < -0.3 is 15.7 Å². The van der Waals surface area contributed by atoms with Crippen molar-refractivity contribution in [3.8, 4) is 0 Å². The van der Waals surface area contributed by atoms with E-state index in [4.69, 9.17) is 0 Å². The maximum Gasteiger partial charge on any atom is 0.220 e. The summed E-state index contributed by atoms with van der Waals surface area (Å²) in [7, 11) is 0. The maximum absolute atomic E-state index is 14.4. The lowest BCUT2D eigenvalue weighted by molar-refractivity contribution is -0.121. The number of halogens is 1. The van der Waals surface area contributed by atoms with Gasteiger partial charge in [0.25, 0.3) is 0 Å². The quantitative estimate of drug-likeness (QED) is 0.719. The van der Waals surface area contributed by atoms with Gasteiger partial charge >= 0.3 is 0 Å². The van der Waals surface area contributed by atoms with E-state index in [-0.39, 0.29) is 24.5 Å². The normalized spacial score (nSPS) is 25.9. The number of carbonyl (C=O) groups excluding carboxylic acids is 1. The molecule has 0 aromatic heterocycles. The Kier molecular flexibility index (Phi) is 6.34. The third-order valence-electron chi connectivity index (χ3n) is 4.35. The zero-order valence-corrected chi connectivity index (χ0v) is 13.0. The van der Waals surface area contributed by atoms with E-state index in [1.807, 2.05) is 30.3 Å². The molecule has 3 N–H and O–H groups in total. The number of hydrogen-bond donors (Lipinski definition) is 3. The van der Waals surface area contributed by atoms with Crippen molar-refractivity contribution < 1.29 is 14.3 Å². The predicted molar refractivity (Wildman–Crippen MR) is 84.4 cm³/mol. The topological polar surface area (TPSA) is 61.4 Å². The molecular weight excluding hydrogens is 283 g/mol. The summed E-state index contributed by atoms with van der Waals surface area (Å²) < 4.78 is 14.4. The molecule has 0 spiro atoms. The summed E-state index contributed by atoms with van der Waals surface area (Å²) in [5.74, 6) is -0.0906. The molecule has 1 fully saturated rings. The third-order valence-corrected chi connectivity index (χ3v) is 4.35. The van der Waals surface area contributed by atoms with Gasteiger partial charge in [0.2, 0.25) is 5.91 Å². The Morgan fingerprint density at radius 3 is 2.82 bits per heavy atom. The molecule has 1 unspecified atom stereocenters. The Hall–Kier alpha value is -1.46. The first-order valence-electron chi connectivity index (χ1n) is 7.98. The van der Waals surface area contributed by atoms with Crippen LogP contribution in [0.3, 0.4) is 0 Å². The number of rotatable bonds is 7. The summed E-state index contributed by atoms with van der Waals surface area (Å²) in [5.41, 5.74) is 1.08. The first kappa shape index (κ1) is 16.9. The van der Waals surface area contributed by atoms with Crippen molar-refractivity contribution in [3.05, 3.63) is 35.9 Å². The average Bonchev–Trinajstić information content (AvgIpc) is 2.89. The summed E-state index contributed by atoms with van der Waals surface area (Å²) in [6.45, 7) is 2.28. The second-order valence-electron chi connectivity index (χ2n) is 5.85. The molecule has 1 aliphatic heterocycles. The number of carbonyl (C=O) groups is 1. The van der Waals surface area contributed by atoms with Crippen LogP contribution in [0.15, 0.2) is 30.3 Å². The summed E-state index contributed by atoms with van der Waals surface area (Å²) in [6, 6.07) is 9.09. The van der Waals surface area contributed by atoms with Crippen LogP contribution in [0.4, 0.5) is 4.39 Å². The monoisotopic (exact) mass is 308 g/mol. The lowest BCUT2D eigenvalue weighted by Crippen LogP contribution is -2.42. The first-order valence-corrected chi connectivity index (χ1v) is 7.98. The summed E-state index contributed by atoms with van der Waals surface area (Å²) >= 11 is 0. The number of benzene rings is 1. The Bertz CT molecular complexity index is 469. The van der Waals surface area contributed by atoms with E-state index in [1.165, 1.54) is 0 Å². The number of aliphatic hydroxyl groups excluding tert-OH is 1. The molecule has 22 heavy (non-hydrogen) atoms. The Labute approximate surface area is 131 Å².